The maximum atomic E-state index is 11.8. The molecule has 0 aliphatic rings. The van der Waals surface area contributed by atoms with Crippen molar-refractivity contribution in [2.24, 2.45) is 0 Å². The molecule has 114 valence electrons. The largest absolute Gasteiger partial charge is 0.486 e. The highest BCUT2D eigenvalue weighted by atomic mass is 32.1. The Hall–Kier alpha value is -1.47. The standard InChI is InChI=1S/C13H23N3O3S/c1-5-18-7-6-16-13-10(19-8(2)3)9(14)11(20-13)12(17)15-4/h8,16H,5-7,14H2,1-4H3,(H,15,17). The lowest BCUT2D eigenvalue weighted by Crippen LogP contribution is -2.17. The van der Waals surface area contributed by atoms with Crippen LogP contribution in [-0.2, 0) is 4.74 Å². The van der Waals surface area contributed by atoms with E-state index in [0.29, 0.717) is 36.1 Å². The van der Waals surface area contributed by atoms with Gasteiger partial charge >= 0.3 is 0 Å². The molecule has 4 N–H and O–H groups in total. The van der Waals surface area contributed by atoms with E-state index in [-0.39, 0.29) is 12.0 Å². The number of rotatable bonds is 8. The van der Waals surface area contributed by atoms with Gasteiger partial charge in [0.25, 0.3) is 5.91 Å². The molecule has 7 heteroatoms. The Labute approximate surface area is 123 Å². The van der Waals surface area contributed by atoms with Crippen molar-refractivity contribution in [3.63, 3.8) is 0 Å². The van der Waals surface area contributed by atoms with Crippen LogP contribution < -0.4 is 21.1 Å². The second-order valence-electron chi connectivity index (χ2n) is 4.37. The Bertz CT molecular complexity index is 446. The van der Waals surface area contributed by atoms with Gasteiger partial charge in [0.15, 0.2) is 5.75 Å². The van der Waals surface area contributed by atoms with Crippen LogP contribution in [0, 0.1) is 0 Å². The van der Waals surface area contributed by atoms with Crippen LogP contribution >= 0.6 is 11.3 Å². The first-order chi connectivity index (χ1) is 9.51. The van der Waals surface area contributed by atoms with Crippen LogP contribution in [0.2, 0.25) is 0 Å². The Balaban J connectivity index is 2.91. The third kappa shape index (κ3) is 4.28. The summed E-state index contributed by atoms with van der Waals surface area (Å²) < 4.78 is 11.0. The van der Waals surface area contributed by atoms with E-state index in [1.165, 1.54) is 11.3 Å². The molecule has 0 unspecified atom stereocenters. The molecule has 0 aromatic carbocycles. The lowest BCUT2D eigenvalue weighted by Gasteiger charge is -2.12. The lowest BCUT2D eigenvalue weighted by atomic mass is 10.3. The zero-order valence-electron chi connectivity index (χ0n) is 12.4. The average Bonchev–Trinajstić information content (AvgIpc) is 2.71. The molecule has 0 aliphatic heterocycles. The lowest BCUT2D eigenvalue weighted by molar-refractivity contribution is 0.0967. The molecule has 0 spiro atoms. The first-order valence-electron chi connectivity index (χ1n) is 6.63. The predicted molar refractivity (Wildman–Crippen MR) is 82.9 cm³/mol. The molecule has 0 radical (unpaired) electrons. The molecule has 0 bridgehead atoms. The molecular formula is C13H23N3O3S. The van der Waals surface area contributed by atoms with Gasteiger partial charge in [0.1, 0.15) is 15.6 Å². The second-order valence-corrected chi connectivity index (χ2v) is 5.39. The molecule has 6 nitrogen and oxygen atoms in total. The fourth-order valence-corrected chi connectivity index (χ4v) is 2.59. The smallest absolute Gasteiger partial charge is 0.263 e. The van der Waals surface area contributed by atoms with E-state index in [2.05, 4.69) is 10.6 Å². The fraction of sp³-hybridized carbons (Fsp3) is 0.615. The molecule has 1 rings (SSSR count). The van der Waals surface area contributed by atoms with E-state index in [1.54, 1.807) is 7.05 Å². The van der Waals surface area contributed by atoms with Gasteiger partial charge in [-0.3, -0.25) is 4.79 Å². The molecule has 0 saturated carbocycles. The van der Waals surface area contributed by atoms with Crippen molar-refractivity contribution in [2.45, 2.75) is 26.9 Å². The number of nitrogens with one attached hydrogen (secondary N) is 2. The van der Waals surface area contributed by atoms with Crippen LogP contribution in [0.4, 0.5) is 10.7 Å². The highest BCUT2D eigenvalue weighted by molar-refractivity contribution is 7.19. The fourth-order valence-electron chi connectivity index (χ4n) is 1.56. The maximum absolute atomic E-state index is 11.8. The maximum Gasteiger partial charge on any atom is 0.263 e. The zero-order valence-corrected chi connectivity index (χ0v) is 13.2. The second kappa shape index (κ2) is 7.96. The van der Waals surface area contributed by atoms with Gasteiger partial charge in [-0.15, -0.1) is 11.3 Å². The molecule has 1 aromatic heterocycles. The van der Waals surface area contributed by atoms with Gasteiger partial charge in [0, 0.05) is 20.2 Å². The third-order valence-corrected chi connectivity index (χ3v) is 3.57. The number of anilines is 2. The Kier molecular flexibility index (Phi) is 6.60. The van der Waals surface area contributed by atoms with E-state index < -0.39 is 0 Å². The van der Waals surface area contributed by atoms with Crippen LogP contribution in [-0.4, -0.2) is 38.8 Å². The number of nitrogens with two attached hydrogens (primary N) is 1. The number of ether oxygens (including phenoxy) is 2. The minimum Gasteiger partial charge on any atom is -0.486 e. The Morgan fingerprint density at radius 3 is 2.70 bits per heavy atom. The van der Waals surface area contributed by atoms with E-state index >= 15 is 0 Å². The number of carbonyl (C=O) groups excluding carboxylic acids is 1. The number of amides is 1. The van der Waals surface area contributed by atoms with Crippen molar-refractivity contribution >= 4 is 27.9 Å². The van der Waals surface area contributed by atoms with Gasteiger partial charge in [0.05, 0.1) is 12.7 Å². The monoisotopic (exact) mass is 301 g/mol. The van der Waals surface area contributed by atoms with Crippen LogP contribution in [0.5, 0.6) is 5.75 Å². The van der Waals surface area contributed by atoms with E-state index in [9.17, 15) is 4.79 Å². The van der Waals surface area contributed by atoms with Gasteiger partial charge < -0.3 is 25.8 Å². The average molecular weight is 301 g/mol. The van der Waals surface area contributed by atoms with Gasteiger partial charge in [-0.2, -0.15) is 0 Å². The van der Waals surface area contributed by atoms with E-state index in [0.717, 1.165) is 5.00 Å². The highest BCUT2D eigenvalue weighted by Crippen LogP contribution is 2.43. The molecule has 1 aromatic rings. The summed E-state index contributed by atoms with van der Waals surface area (Å²) in [4.78, 5) is 12.2. The molecule has 0 atom stereocenters. The van der Waals surface area contributed by atoms with Gasteiger partial charge in [-0.05, 0) is 20.8 Å². The van der Waals surface area contributed by atoms with Crippen molar-refractivity contribution in [1.29, 1.82) is 0 Å². The van der Waals surface area contributed by atoms with Crippen LogP contribution in [0.25, 0.3) is 0 Å². The minimum absolute atomic E-state index is 0.0168. The van der Waals surface area contributed by atoms with Crippen molar-refractivity contribution < 1.29 is 14.3 Å². The molecule has 1 amide bonds. The number of carbonyl (C=O) groups is 1. The zero-order chi connectivity index (χ0) is 15.1. The number of hydrogen-bond acceptors (Lipinski definition) is 6. The summed E-state index contributed by atoms with van der Waals surface area (Å²) in [5, 5.41) is 6.54. The van der Waals surface area contributed by atoms with Crippen molar-refractivity contribution in [1.82, 2.24) is 5.32 Å². The van der Waals surface area contributed by atoms with Gasteiger partial charge in [-0.1, -0.05) is 0 Å². The van der Waals surface area contributed by atoms with Crippen molar-refractivity contribution in [3.05, 3.63) is 4.88 Å². The molecule has 1 heterocycles. The molecule has 0 saturated heterocycles. The molecular weight excluding hydrogens is 278 g/mol. The summed E-state index contributed by atoms with van der Waals surface area (Å²) in [7, 11) is 1.58. The van der Waals surface area contributed by atoms with Crippen molar-refractivity contribution in [3.8, 4) is 5.75 Å². The molecule has 20 heavy (non-hydrogen) atoms. The quantitative estimate of drug-likeness (QED) is 0.639. The van der Waals surface area contributed by atoms with Crippen LogP contribution in [0.3, 0.4) is 0 Å². The van der Waals surface area contributed by atoms with Crippen LogP contribution in [0.15, 0.2) is 0 Å². The summed E-state index contributed by atoms with van der Waals surface area (Å²) in [6.07, 6.45) is -0.0168. The van der Waals surface area contributed by atoms with Gasteiger partial charge in [-0.25, -0.2) is 0 Å². The summed E-state index contributed by atoms with van der Waals surface area (Å²) >= 11 is 1.29. The summed E-state index contributed by atoms with van der Waals surface area (Å²) in [5.41, 5.74) is 6.39. The molecule has 0 aliphatic carbocycles. The van der Waals surface area contributed by atoms with Gasteiger partial charge in [0.2, 0.25) is 0 Å². The summed E-state index contributed by atoms with van der Waals surface area (Å²) in [6.45, 7) is 7.68. The van der Waals surface area contributed by atoms with E-state index in [4.69, 9.17) is 15.2 Å². The predicted octanol–water partition coefficient (Wildman–Crippen LogP) is 1.93. The first kappa shape index (κ1) is 16.6. The summed E-state index contributed by atoms with van der Waals surface area (Å²) in [5.74, 6) is 0.332. The Morgan fingerprint density at radius 1 is 1.45 bits per heavy atom. The first-order valence-corrected chi connectivity index (χ1v) is 7.45. The van der Waals surface area contributed by atoms with Crippen LogP contribution in [0.1, 0.15) is 30.4 Å². The molecule has 0 fully saturated rings. The highest BCUT2D eigenvalue weighted by Gasteiger charge is 2.22. The van der Waals surface area contributed by atoms with E-state index in [1.807, 2.05) is 20.8 Å². The topological polar surface area (TPSA) is 85.6 Å². The normalized spacial score (nSPS) is 10.7. The SMILES string of the molecule is CCOCCNc1sc(C(=O)NC)c(N)c1OC(C)C. The minimum atomic E-state index is -0.209. The third-order valence-electron chi connectivity index (χ3n) is 2.42. The van der Waals surface area contributed by atoms with Crippen molar-refractivity contribution in [2.75, 3.05) is 37.9 Å². The number of nitrogen functional groups attached to an aromatic ring is 1. The number of thiophene rings is 1. The summed E-state index contributed by atoms with van der Waals surface area (Å²) in [6, 6.07) is 0. The number of hydrogen-bond donors (Lipinski definition) is 3. The Morgan fingerprint density at radius 2 is 2.15 bits per heavy atom.